The molecule has 3 nitrogen and oxygen atoms in total. The summed E-state index contributed by atoms with van der Waals surface area (Å²) in [6.45, 7) is 4.34. The van der Waals surface area contributed by atoms with Crippen LogP contribution in [0.3, 0.4) is 0 Å². The van der Waals surface area contributed by atoms with Gasteiger partial charge in [-0.2, -0.15) is 5.10 Å². The van der Waals surface area contributed by atoms with Gasteiger partial charge in [-0.3, -0.25) is 9.48 Å². The van der Waals surface area contributed by atoms with Crippen LogP contribution in [0.25, 0.3) is 0 Å². The molecule has 1 aromatic heterocycles. The third-order valence-electron chi connectivity index (χ3n) is 3.65. The lowest BCUT2D eigenvalue weighted by Gasteiger charge is -2.08. The van der Waals surface area contributed by atoms with Crippen LogP contribution < -0.4 is 0 Å². The van der Waals surface area contributed by atoms with Crippen LogP contribution in [0.1, 0.15) is 57.7 Å². The normalized spacial score (nSPS) is 18.3. The molecule has 0 amide bonds. The molecule has 18 heavy (non-hydrogen) atoms. The Labute approximate surface area is 109 Å². The van der Waals surface area contributed by atoms with E-state index >= 15 is 0 Å². The summed E-state index contributed by atoms with van der Waals surface area (Å²) in [5.41, 5.74) is 2.32. The third-order valence-corrected chi connectivity index (χ3v) is 3.65. The Morgan fingerprint density at radius 1 is 1.39 bits per heavy atom. The fourth-order valence-corrected chi connectivity index (χ4v) is 2.30. The maximum atomic E-state index is 11.5. The number of rotatable bonds is 4. The van der Waals surface area contributed by atoms with Crippen LogP contribution in [-0.4, -0.2) is 15.6 Å². The summed E-state index contributed by atoms with van der Waals surface area (Å²) in [5.74, 6) is 0.281. The van der Waals surface area contributed by atoms with E-state index in [0.29, 0.717) is 12.5 Å². The maximum Gasteiger partial charge on any atom is 0.155 e. The lowest BCUT2D eigenvalue weighted by molar-refractivity contribution is -0.114. The molecular formula is C15H22N2O. The van der Waals surface area contributed by atoms with Crippen LogP contribution in [0.4, 0.5) is 0 Å². The first-order valence-corrected chi connectivity index (χ1v) is 6.95. The van der Waals surface area contributed by atoms with Gasteiger partial charge in [0.05, 0.1) is 5.69 Å². The lowest BCUT2D eigenvalue weighted by Crippen LogP contribution is -2.05. The van der Waals surface area contributed by atoms with E-state index in [4.69, 9.17) is 0 Å². The van der Waals surface area contributed by atoms with Crippen LogP contribution in [-0.2, 0) is 11.2 Å². The highest BCUT2D eigenvalue weighted by atomic mass is 16.1. The van der Waals surface area contributed by atoms with Gasteiger partial charge in [0.1, 0.15) is 0 Å². The molecule has 1 heterocycles. The van der Waals surface area contributed by atoms with Crippen LogP contribution >= 0.6 is 0 Å². The van der Waals surface area contributed by atoms with E-state index in [1.807, 2.05) is 17.0 Å². The molecule has 0 radical (unpaired) electrons. The molecule has 0 bridgehead atoms. The van der Waals surface area contributed by atoms with Gasteiger partial charge in [-0.05, 0) is 44.7 Å². The first-order valence-electron chi connectivity index (χ1n) is 6.95. The number of nitrogens with zero attached hydrogens (tertiary/aromatic N) is 2. The van der Waals surface area contributed by atoms with Gasteiger partial charge in [0, 0.05) is 25.1 Å². The molecular weight excluding hydrogens is 224 g/mol. The van der Waals surface area contributed by atoms with E-state index in [-0.39, 0.29) is 5.78 Å². The SMILES string of the molecule is CCC(C)n1ccc(CC2=CC(=O)CCCC2)n1. The van der Waals surface area contributed by atoms with E-state index < -0.39 is 0 Å². The fourth-order valence-electron chi connectivity index (χ4n) is 2.30. The Balaban J connectivity index is 2.04. The Morgan fingerprint density at radius 3 is 2.94 bits per heavy atom. The van der Waals surface area contributed by atoms with E-state index in [9.17, 15) is 4.79 Å². The second-order valence-electron chi connectivity index (χ2n) is 5.20. The van der Waals surface area contributed by atoms with Crippen molar-refractivity contribution in [2.75, 3.05) is 0 Å². The largest absolute Gasteiger partial charge is 0.295 e. The van der Waals surface area contributed by atoms with Gasteiger partial charge in [-0.25, -0.2) is 0 Å². The minimum Gasteiger partial charge on any atom is -0.295 e. The molecule has 98 valence electrons. The number of carbonyl (C=O) groups excluding carboxylic acids is 1. The zero-order valence-electron chi connectivity index (χ0n) is 11.4. The summed E-state index contributed by atoms with van der Waals surface area (Å²) in [4.78, 5) is 11.5. The van der Waals surface area contributed by atoms with Gasteiger partial charge < -0.3 is 0 Å². The monoisotopic (exact) mass is 246 g/mol. The molecule has 0 aliphatic heterocycles. The topological polar surface area (TPSA) is 34.9 Å². The Kier molecular flexibility index (Phi) is 4.34. The Hall–Kier alpha value is -1.38. The summed E-state index contributed by atoms with van der Waals surface area (Å²) in [6, 6.07) is 2.52. The number of hydrogen-bond acceptors (Lipinski definition) is 2. The predicted octanol–water partition coefficient (Wildman–Crippen LogP) is 3.47. The summed E-state index contributed by atoms with van der Waals surface area (Å²) in [7, 11) is 0. The van der Waals surface area contributed by atoms with Crippen LogP contribution in [0.5, 0.6) is 0 Å². The van der Waals surface area contributed by atoms with Crippen molar-refractivity contribution in [3.05, 3.63) is 29.6 Å². The molecule has 2 rings (SSSR count). The van der Waals surface area contributed by atoms with Gasteiger partial charge in [0.2, 0.25) is 0 Å². The average Bonchev–Trinajstić information content (AvgIpc) is 2.72. The zero-order valence-corrected chi connectivity index (χ0v) is 11.4. The number of allylic oxidation sites excluding steroid dienone is 2. The fraction of sp³-hybridized carbons (Fsp3) is 0.600. The summed E-state index contributed by atoms with van der Waals surface area (Å²) >= 11 is 0. The molecule has 0 fully saturated rings. The van der Waals surface area contributed by atoms with E-state index in [0.717, 1.165) is 37.8 Å². The van der Waals surface area contributed by atoms with Crippen molar-refractivity contribution in [3.8, 4) is 0 Å². The van der Waals surface area contributed by atoms with Crippen molar-refractivity contribution in [3.63, 3.8) is 0 Å². The third kappa shape index (κ3) is 3.31. The van der Waals surface area contributed by atoms with E-state index in [2.05, 4.69) is 25.0 Å². The van der Waals surface area contributed by atoms with Gasteiger partial charge in [-0.1, -0.05) is 12.5 Å². The number of hydrogen-bond donors (Lipinski definition) is 0. The van der Waals surface area contributed by atoms with E-state index in [1.54, 1.807) is 0 Å². The van der Waals surface area contributed by atoms with E-state index in [1.165, 1.54) is 5.57 Å². The Morgan fingerprint density at radius 2 is 2.17 bits per heavy atom. The van der Waals surface area contributed by atoms with Gasteiger partial charge in [-0.15, -0.1) is 0 Å². The minimum atomic E-state index is 0.281. The first kappa shape index (κ1) is 13.1. The summed E-state index contributed by atoms with van der Waals surface area (Å²) in [6.07, 6.45) is 9.71. The first-order chi connectivity index (χ1) is 8.69. The van der Waals surface area contributed by atoms with Gasteiger partial charge >= 0.3 is 0 Å². The predicted molar refractivity (Wildman–Crippen MR) is 72.5 cm³/mol. The lowest BCUT2D eigenvalue weighted by atomic mass is 10.1. The molecule has 0 saturated carbocycles. The maximum absolute atomic E-state index is 11.5. The highest BCUT2D eigenvalue weighted by molar-refractivity contribution is 5.90. The Bertz CT molecular complexity index is 445. The molecule has 1 aromatic rings. The molecule has 1 unspecified atom stereocenters. The van der Waals surface area contributed by atoms with Crippen molar-refractivity contribution in [2.24, 2.45) is 0 Å². The second-order valence-corrected chi connectivity index (χ2v) is 5.20. The summed E-state index contributed by atoms with van der Waals surface area (Å²) in [5, 5.41) is 4.60. The number of ketones is 1. The van der Waals surface area contributed by atoms with Crippen molar-refractivity contribution in [2.45, 2.75) is 58.4 Å². The zero-order chi connectivity index (χ0) is 13.0. The van der Waals surface area contributed by atoms with Crippen LogP contribution in [0.2, 0.25) is 0 Å². The minimum absolute atomic E-state index is 0.281. The van der Waals surface area contributed by atoms with Crippen molar-refractivity contribution >= 4 is 5.78 Å². The van der Waals surface area contributed by atoms with Crippen molar-refractivity contribution in [1.82, 2.24) is 9.78 Å². The highest BCUT2D eigenvalue weighted by Crippen LogP contribution is 2.19. The van der Waals surface area contributed by atoms with Crippen molar-refractivity contribution < 1.29 is 4.79 Å². The molecule has 1 atom stereocenters. The molecule has 0 N–H and O–H groups in total. The second kappa shape index (κ2) is 5.98. The van der Waals surface area contributed by atoms with Gasteiger partial charge in [0.15, 0.2) is 5.78 Å². The summed E-state index contributed by atoms with van der Waals surface area (Å²) < 4.78 is 2.02. The number of aromatic nitrogens is 2. The van der Waals surface area contributed by atoms with Crippen LogP contribution in [0.15, 0.2) is 23.9 Å². The standard InChI is InChI=1S/C15H22N2O/c1-3-12(2)17-9-8-14(16-17)10-13-6-4-5-7-15(18)11-13/h8-9,11-12H,3-7,10H2,1-2H3. The molecule has 0 spiro atoms. The molecule has 0 saturated heterocycles. The van der Waals surface area contributed by atoms with Crippen LogP contribution in [0, 0.1) is 0 Å². The highest BCUT2D eigenvalue weighted by Gasteiger charge is 2.11. The quantitative estimate of drug-likeness (QED) is 0.815. The van der Waals surface area contributed by atoms with Crippen molar-refractivity contribution in [1.29, 1.82) is 0 Å². The van der Waals surface area contributed by atoms with Gasteiger partial charge in [0.25, 0.3) is 0 Å². The number of carbonyl (C=O) groups is 1. The molecule has 1 aliphatic carbocycles. The molecule has 0 aromatic carbocycles. The molecule has 3 heteroatoms. The average molecular weight is 246 g/mol. The smallest absolute Gasteiger partial charge is 0.155 e. The molecule has 1 aliphatic rings.